The average Bonchev–Trinajstić information content (AvgIpc) is 4.08. The maximum absolute atomic E-state index is 14.9. The van der Waals surface area contributed by atoms with Crippen LogP contribution in [0.2, 0.25) is 0 Å². The van der Waals surface area contributed by atoms with Crippen LogP contribution in [-0.4, -0.2) is 201 Å². The van der Waals surface area contributed by atoms with Crippen LogP contribution in [0.25, 0.3) is 0 Å². The van der Waals surface area contributed by atoms with Crippen molar-refractivity contribution in [2.75, 3.05) is 41.3 Å². The van der Waals surface area contributed by atoms with Gasteiger partial charge in [0.1, 0.15) is 60.4 Å². The van der Waals surface area contributed by atoms with Crippen LogP contribution >= 0.6 is 0 Å². The van der Waals surface area contributed by atoms with Gasteiger partial charge >= 0.3 is 0 Å². The lowest BCUT2D eigenvalue weighted by Crippen LogP contribution is -2.62. The van der Waals surface area contributed by atoms with Gasteiger partial charge in [-0.2, -0.15) is 0 Å². The maximum atomic E-state index is 14.9. The van der Waals surface area contributed by atoms with E-state index in [-0.39, 0.29) is 81.7 Å². The van der Waals surface area contributed by atoms with Crippen molar-refractivity contribution >= 4 is 59.1 Å². The molecule has 11 atom stereocenters. The van der Waals surface area contributed by atoms with Crippen molar-refractivity contribution in [3.63, 3.8) is 0 Å². The van der Waals surface area contributed by atoms with Crippen LogP contribution in [-0.2, 0) is 54.4 Å². The predicted molar refractivity (Wildman–Crippen MR) is 294 cm³/mol. The zero-order valence-corrected chi connectivity index (χ0v) is 49.0. The number of hydrogen-bond acceptors (Lipinski definition) is 11. The molecule has 0 unspecified atom stereocenters. The first kappa shape index (κ1) is 64.4. The summed E-state index contributed by atoms with van der Waals surface area (Å²) in [5.74, 6) is -6.75. The number of aliphatic hydroxyl groups excluding tert-OH is 1. The summed E-state index contributed by atoms with van der Waals surface area (Å²) in [6, 6.07) is -2.66. The number of carbonyl (C=O) groups excluding carboxylic acids is 10. The third kappa shape index (κ3) is 16.5. The fraction of sp³-hybridized carbons (Fsp3) is 0.719. The minimum Gasteiger partial charge on any atom is -0.391 e. The minimum absolute atomic E-state index is 0.0524. The Morgan fingerprint density at radius 3 is 1.18 bits per heavy atom. The zero-order chi connectivity index (χ0) is 58.6. The summed E-state index contributed by atoms with van der Waals surface area (Å²) in [5.41, 5.74) is 0.726. The lowest BCUT2D eigenvalue weighted by Gasteiger charge is -2.37. The Labute approximate surface area is 462 Å². The first-order valence-corrected chi connectivity index (χ1v) is 28.1. The Morgan fingerprint density at radius 2 is 0.808 bits per heavy atom. The quantitative estimate of drug-likeness (QED) is 0.214. The summed E-state index contributed by atoms with van der Waals surface area (Å²) in [6.07, 6.45) is 0.617. The van der Waals surface area contributed by atoms with Gasteiger partial charge in [-0.05, 0) is 101 Å². The van der Waals surface area contributed by atoms with Gasteiger partial charge < -0.3 is 55.8 Å². The van der Waals surface area contributed by atoms with Crippen LogP contribution in [0.5, 0.6) is 0 Å². The van der Waals surface area contributed by atoms with Crippen LogP contribution in [0.3, 0.4) is 0 Å². The zero-order valence-electron chi connectivity index (χ0n) is 49.0. The number of fused-ring (bicyclic) bond motifs is 2. The third-order valence-electron chi connectivity index (χ3n) is 15.4. The summed E-state index contributed by atoms with van der Waals surface area (Å²) in [7, 11) is 5.68. The summed E-state index contributed by atoms with van der Waals surface area (Å²) in [6.45, 7) is 19.6. The molecule has 1 aromatic rings. The molecule has 3 heterocycles. The minimum atomic E-state index is -1.52. The van der Waals surface area contributed by atoms with Gasteiger partial charge in [-0.1, -0.05) is 85.7 Å². The molecule has 0 aromatic heterocycles. The normalized spacial score (nSPS) is 28.4. The smallest absolute Gasteiger partial charge is 0.246 e. The van der Waals surface area contributed by atoms with Crippen LogP contribution in [0.1, 0.15) is 133 Å². The molecule has 3 aliphatic heterocycles. The number of nitrogens with one attached hydrogen (secondary N) is 4. The van der Waals surface area contributed by atoms with Gasteiger partial charge in [0.2, 0.25) is 59.1 Å². The van der Waals surface area contributed by atoms with Crippen molar-refractivity contribution in [3.8, 4) is 0 Å². The molecular weight excluding hydrogens is 1000 g/mol. The number of amides is 10. The second-order valence-corrected chi connectivity index (χ2v) is 23.7. The highest BCUT2D eigenvalue weighted by molar-refractivity contribution is 6.00. The fourth-order valence-electron chi connectivity index (χ4n) is 10.8. The van der Waals surface area contributed by atoms with Gasteiger partial charge in [0.25, 0.3) is 0 Å². The summed E-state index contributed by atoms with van der Waals surface area (Å²) in [5, 5.41) is 22.5. The Kier molecular flexibility index (Phi) is 23.7. The molecule has 21 heteroatoms. The number of rotatable bonds is 11. The number of benzene rings is 1. The molecule has 0 radical (unpaired) electrons. The van der Waals surface area contributed by atoms with E-state index in [1.54, 1.807) is 0 Å². The summed E-state index contributed by atoms with van der Waals surface area (Å²) in [4.78, 5) is 153. The van der Waals surface area contributed by atoms with Crippen molar-refractivity contribution in [2.45, 2.75) is 200 Å². The molecule has 4 rings (SSSR count). The van der Waals surface area contributed by atoms with Crippen LogP contribution in [0.15, 0.2) is 30.3 Å². The van der Waals surface area contributed by atoms with E-state index in [1.807, 2.05) is 85.7 Å². The molecule has 3 aliphatic rings. The van der Waals surface area contributed by atoms with Gasteiger partial charge in [-0.25, -0.2) is 0 Å². The van der Waals surface area contributed by atoms with Gasteiger partial charge in [0.15, 0.2) is 0 Å². The Hall–Kier alpha value is -6.12. The average molecular weight is 1090 g/mol. The van der Waals surface area contributed by atoms with Crippen LogP contribution in [0, 0.1) is 23.7 Å². The van der Waals surface area contributed by atoms with E-state index in [1.165, 1.54) is 73.5 Å². The van der Waals surface area contributed by atoms with E-state index in [0.717, 1.165) is 10.5 Å². The van der Waals surface area contributed by atoms with Crippen molar-refractivity contribution in [1.82, 2.24) is 50.7 Å². The Morgan fingerprint density at radius 1 is 0.462 bits per heavy atom. The molecule has 5 N–H and O–H groups in total. The number of likely N-dealkylation sites (N-methyl/N-ethyl adjacent to an activating group) is 4. The van der Waals surface area contributed by atoms with Crippen LogP contribution < -0.4 is 21.3 Å². The predicted octanol–water partition coefficient (Wildman–Crippen LogP) is 2.08. The van der Waals surface area contributed by atoms with Crippen molar-refractivity contribution in [1.29, 1.82) is 0 Å². The third-order valence-corrected chi connectivity index (χ3v) is 15.4. The molecule has 1 aromatic carbocycles. The molecule has 78 heavy (non-hydrogen) atoms. The molecule has 3 fully saturated rings. The molecule has 436 valence electrons. The van der Waals surface area contributed by atoms with Gasteiger partial charge in [0.05, 0.1) is 6.10 Å². The Bertz CT molecular complexity index is 2290. The van der Waals surface area contributed by atoms with E-state index in [2.05, 4.69) is 21.3 Å². The van der Waals surface area contributed by atoms with Gasteiger partial charge in [0, 0.05) is 47.7 Å². The lowest BCUT2D eigenvalue weighted by atomic mass is 9.99. The maximum Gasteiger partial charge on any atom is 0.246 e. The van der Waals surface area contributed by atoms with Crippen molar-refractivity contribution in [3.05, 3.63) is 35.9 Å². The topological polar surface area (TPSA) is 258 Å². The van der Waals surface area contributed by atoms with E-state index >= 15 is 0 Å². The highest BCUT2D eigenvalue weighted by Gasteiger charge is 2.46. The lowest BCUT2D eigenvalue weighted by molar-refractivity contribution is -0.151. The Balaban J connectivity index is 1.85. The van der Waals surface area contributed by atoms with Crippen LogP contribution in [0.4, 0.5) is 0 Å². The van der Waals surface area contributed by atoms with Crippen molar-refractivity contribution < 1.29 is 53.1 Å². The first-order chi connectivity index (χ1) is 36.5. The largest absolute Gasteiger partial charge is 0.391 e. The molecule has 0 bridgehead atoms. The second-order valence-electron chi connectivity index (χ2n) is 23.7. The molecular formula is C57H92N10O11. The molecule has 0 spiro atoms. The highest BCUT2D eigenvalue weighted by atomic mass is 16.3. The summed E-state index contributed by atoms with van der Waals surface area (Å²) >= 11 is 0. The number of carbonyl (C=O) groups is 10. The number of nitrogens with zero attached hydrogens (tertiary/aromatic N) is 6. The molecule has 21 nitrogen and oxygen atoms in total. The number of hydrogen-bond donors (Lipinski definition) is 5. The number of aliphatic hydroxyl groups is 1. The van der Waals surface area contributed by atoms with E-state index in [9.17, 15) is 53.1 Å². The van der Waals surface area contributed by atoms with E-state index in [4.69, 9.17) is 0 Å². The SMILES string of the molecule is CC(C)C[C@@H]1NC(=O)[C@H]([C@@H](C)O)N(C)C(=O)[C@H]2CCCN2C(=O)[C@H](CC(C)C)NC(=O)[C@H](C)N(C)C(=O)[C@H](CC(C)C)NC(=O)[C@H](Cc2ccccc2)N(C)C(=O)[C@H]2CCCN2C(=O)[C@H](CC(C)C)NC(=O)[C@H](C)N(C)C1=O. The van der Waals surface area contributed by atoms with Gasteiger partial charge in [-0.3, -0.25) is 47.9 Å². The molecule has 0 aliphatic carbocycles. The monoisotopic (exact) mass is 1090 g/mol. The molecule has 10 amide bonds. The van der Waals surface area contributed by atoms with E-state index < -0.39 is 126 Å². The summed E-state index contributed by atoms with van der Waals surface area (Å²) < 4.78 is 0. The standard InChI is InChI=1S/C57H92N10O11/c1-32(2)27-40-52(73)62(12)36(9)48(69)59-43(30-35(7)8)55(76)67-26-20-24-45(67)57(78)65(15)47(38(11)68)51(72)61-41(28-33(3)4)53(74)63(13)37(10)49(70)58-42(29-34(5)6)54(75)66-25-19-23-44(66)56(77)64(14)46(50(71)60-40)31-39-21-17-16-18-22-39/h16-18,21-22,32-38,40-47,68H,19-20,23-31H2,1-15H3,(H,58,70)(H,59,69)(H,60,71)(H,61,72)/t36-,37-,38+,40-,41-,42-,43-,44+,45+,46-,47-/m0/s1. The highest BCUT2D eigenvalue weighted by Crippen LogP contribution is 2.26. The first-order valence-electron chi connectivity index (χ1n) is 28.1. The molecule has 3 saturated heterocycles. The second kappa shape index (κ2) is 28.7. The molecule has 0 saturated carbocycles. The fourth-order valence-corrected chi connectivity index (χ4v) is 10.8. The van der Waals surface area contributed by atoms with Gasteiger partial charge in [-0.15, -0.1) is 0 Å². The van der Waals surface area contributed by atoms with E-state index in [0.29, 0.717) is 12.8 Å². The van der Waals surface area contributed by atoms with Crippen molar-refractivity contribution in [2.24, 2.45) is 23.7 Å².